The van der Waals surface area contributed by atoms with Gasteiger partial charge in [0, 0.05) is 11.1 Å². The largest absolute Gasteiger partial charge is 0.434 e. The molecule has 4 aliphatic carbocycles. The van der Waals surface area contributed by atoms with Crippen molar-refractivity contribution in [1.82, 2.24) is 25.6 Å². The zero-order chi connectivity index (χ0) is 23.4. The molecule has 0 spiro atoms. The van der Waals surface area contributed by atoms with Gasteiger partial charge in [-0.05, 0) is 62.5 Å². The van der Waals surface area contributed by atoms with Crippen molar-refractivity contribution in [3.05, 3.63) is 53.6 Å². The van der Waals surface area contributed by atoms with Gasteiger partial charge in [-0.25, -0.2) is 14.4 Å². The molecule has 174 valence electrons. The van der Waals surface area contributed by atoms with Crippen LogP contribution in [0, 0.1) is 17.7 Å². The lowest BCUT2D eigenvalue weighted by Gasteiger charge is -2.62. The molecule has 33 heavy (non-hydrogen) atoms. The van der Waals surface area contributed by atoms with E-state index in [1.807, 2.05) is 0 Å². The summed E-state index contributed by atoms with van der Waals surface area (Å²) >= 11 is 0. The first-order valence-electron chi connectivity index (χ1n) is 10.7. The van der Waals surface area contributed by atoms with Gasteiger partial charge >= 0.3 is 6.18 Å². The highest BCUT2D eigenvalue weighted by atomic mass is 19.4. The maximum absolute atomic E-state index is 13.2. The Morgan fingerprint density at radius 3 is 2.06 bits per heavy atom. The lowest BCUT2D eigenvalue weighted by atomic mass is 9.49. The van der Waals surface area contributed by atoms with Crippen molar-refractivity contribution in [3.63, 3.8) is 0 Å². The van der Waals surface area contributed by atoms with Crippen LogP contribution in [0.2, 0.25) is 0 Å². The highest BCUT2D eigenvalue weighted by molar-refractivity contribution is 5.93. The Morgan fingerprint density at radius 2 is 1.52 bits per heavy atom. The first-order chi connectivity index (χ1) is 15.5. The summed E-state index contributed by atoms with van der Waals surface area (Å²) in [6.45, 7) is 0. The van der Waals surface area contributed by atoms with Gasteiger partial charge in [0.05, 0.1) is 18.6 Å². The third-order valence-electron chi connectivity index (χ3n) is 6.94. The maximum atomic E-state index is 13.2. The molecule has 2 aromatic heterocycles. The lowest BCUT2D eigenvalue weighted by molar-refractivity contribution is -0.141. The molecule has 11 heteroatoms. The summed E-state index contributed by atoms with van der Waals surface area (Å²) in [5.74, 6) is -1.14. The summed E-state index contributed by atoms with van der Waals surface area (Å²) < 4.78 is 52.1. The quantitative estimate of drug-likeness (QED) is 0.679. The van der Waals surface area contributed by atoms with E-state index in [2.05, 4.69) is 25.6 Å². The average Bonchev–Trinajstić information content (AvgIpc) is 2.72. The van der Waals surface area contributed by atoms with Crippen LogP contribution in [-0.4, -0.2) is 37.8 Å². The molecule has 2 aromatic rings. The number of carbonyl (C=O) groups excluding carboxylic acids is 2. The molecule has 0 saturated heterocycles. The van der Waals surface area contributed by atoms with Crippen molar-refractivity contribution in [1.29, 1.82) is 0 Å². The SMILES string of the molecule is O=C(NC12CC3CC(C1)CC(NC(=O)c1cncc(C(F)(F)F)n1)(C3)C2)c1ccc(F)cn1. The van der Waals surface area contributed by atoms with Gasteiger partial charge in [0.1, 0.15) is 17.2 Å². The minimum Gasteiger partial charge on any atom is -0.345 e. The number of aromatic nitrogens is 3. The van der Waals surface area contributed by atoms with Crippen LogP contribution in [-0.2, 0) is 6.18 Å². The van der Waals surface area contributed by atoms with Crippen LogP contribution < -0.4 is 10.6 Å². The maximum Gasteiger partial charge on any atom is 0.434 e. The number of alkyl halides is 3. The van der Waals surface area contributed by atoms with E-state index in [4.69, 9.17) is 0 Å². The predicted molar refractivity (Wildman–Crippen MR) is 106 cm³/mol. The number of pyridine rings is 1. The minimum absolute atomic E-state index is 0.101. The first-order valence-corrected chi connectivity index (χ1v) is 10.7. The second-order valence-electron chi connectivity index (χ2n) is 9.58. The van der Waals surface area contributed by atoms with Crippen molar-refractivity contribution in [2.75, 3.05) is 0 Å². The molecule has 7 nitrogen and oxygen atoms in total. The number of nitrogens with one attached hydrogen (secondary N) is 2. The number of hydrogen-bond acceptors (Lipinski definition) is 5. The van der Waals surface area contributed by atoms with Crippen LogP contribution in [0.3, 0.4) is 0 Å². The van der Waals surface area contributed by atoms with Gasteiger partial charge in [-0.1, -0.05) is 0 Å². The standard InChI is InChI=1S/C22H21F4N5O2/c23-14-1-2-15(28-8-14)18(32)30-20-4-12-3-13(5-20)7-21(6-12,11-20)31-19(33)16-9-27-10-17(29-16)22(24,25)26/h1-2,8-10,12-13H,3-7,11H2,(H,30,32)(H,31,33). The highest BCUT2D eigenvalue weighted by Gasteiger charge is 2.59. The minimum atomic E-state index is -4.70. The molecule has 0 aliphatic heterocycles. The third kappa shape index (κ3) is 4.16. The van der Waals surface area contributed by atoms with E-state index in [0.717, 1.165) is 31.7 Å². The summed E-state index contributed by atoms with van der Waals surface area (Å²) in [6.07, 6.45) is 2.18. The van der Waals surface area contributed by atoms with Gasteiger partial charge in [0.25, 0.3) is 11.8 Å². The van der Waals surface area contributed by atoms with Gasteiger partial charge in [-0.2, -0.15) is 13.2 Å². The van der Waals surface area contributed by atoms with Crippen LogP contribution in [0.15, 0.2) is 30.7 Å². The molecule has 2 heterocycles. The molecule has 4 fully saturated rings. The third-order valence-corrected chi connectivity index (χ3v) is 6.94. The smallest absolute Gasteiger partial charge is 0.345 e. The fraction of sp³-hybridized carbons (Fsp3) is 0.500. The number of hydrogen-bond donors (Lipinski definition) is 2. The number of halogens is 4. The molecule has 2 atom stereocenters. The van der Waals surface area contributed by atoms with Crippen molar-refractivity contribution < 1.29 is 27.2 Å². The van der Waals surface area contributed by atoms with Crippen LogP contribution in [0.25, 0.3) is 0 Å². The first kappa shape index (κ1) is 21.7. The Kier molecular flexibility index (Phi) is 4.91. The van der Waals surface area contributed by atoms with Crippen molar-refractivity contribution in [2.24, 2.45) is 11.8 Å². The van der Waals surface area contributed by atoms with Gasteiger partial charge in [0.2, 0.25) is 0 Å². The Bertz CT molecular complexity index is 1090. The fourth-order valence-electron chi connectivity index (χ4n) is 6.29. The summed E-state index contributed by atoms with van der Waals surface area (Å²) in [6, 6.07) is 2.48. The highest BCUT2D eigenvalue weighted by Crippen LogP contribution is 2.57. The monoisotopic (exact) mass is 463 g/mol. The molecule has 0 aromatic carbocycles. The van der Waals surface area contributed by atoms with Crippen LogP contribution in [0.1, 0.15) is 65.2 Å². The number of rotatable bonds is 4. The van der Waals surface area contributed by atoms with E-state index >= 15 is 0 Å². The number of nitrogens with zero attached hydrogens (tertiary/aromatic N) is 3. The molecule has 4 aliphatic rings. The van der Waals surface area contributed by atoms with Crippen LogP contribution in [0.4, 0.5) is 17.6 Å². The van der Waals surface area contributed by atoms with Gasteiger partial charge in [-0.15, -0.1) is 0 Å². The van der Waals surface area contributed by atoms with E-state index in [-0.39, 0.29) is 17.5 Å². The van der Waals surface area contributed by atoms with E-state index < -0.39 is 46.3 Å². The molecule has 2 amide bonds. The number of carbonyl (C=O) groups is 2. The Hall–Kier alpha value is -3.11. The van der Waals surface area contributed by atoms with Gasteiger partial charge in [0.15, 0.2) is 5.69 Å². The molecule has 6 rings (SSSR count). The topological polar surface area (TPSA) is 96.9 Å². The van der Waals surface area contributed by atoms with E-state index in [1.54, 1.807) is 0 Å². The van der Waals surface area contributed by atoms with Gasteiger partial charge in [-0.3, -0.25) is 14.6 Å². The summed E-state index contributed by atoms with van der Waals surface area (Å²) in [4.78, 5) is 36.5. The van der Waals surface area contributed by atoms with E-state index in [9.17, 15) is 27.2 Å². The molecule has 4 saturated carbocycles. The molecular formula is C22H21F4N5O2. The van der Waals surface area contributed by atoms with Gasteiger partial charge < -0.3 is 10.6 Å². The molecule has 2 unspecified atom stereocenters. The normalized spacial score (nSPS) is 30.2. The molecule has 4 bridgehead atoms. The fourth-order valence-corrected chi connectivity index (χ4v) is 6.29. The molecular weight excluding hydrogens is 442 g/mol. The van der Waals surface area contributed by atoms with E-state index in [1.165, 1.54) is 12.1 Å². The van der Waals surface area contributed by atoms with Crippen LogP contribution in [0.5, 0.6) is 0 Å². The molecule has 0 radical (unpaired) electrons. The summed E-state index contributed by atoms with van der Waals surface area (Å²) in [5.41, 5.74) is -2.74. The number of amides is 2. The summed E-state index contributed by atoms with van der Waals surface area (Å²) in [7, 11) is 0. The zero-order valence-electron chi connectivity index (χ0n) is 17.5. The van der Waals surface area contributed by atoms with E-state index in [0.29, 0.717) is 25.5 Å². The van der Waals surface area contributed by atoms with Crippen molar-refractivity contribution in [2.45, 2.75) is 55.8 Å². The lowest BCUT2D eigenvalue weighted by Crippen LogP contribution is -2.70. The second kappa shape index (κ2) is 7.46. The predicted octanol–water partition coefficient (Wildman–Crippen LogP) is 3.28. The average molecular weight is 463 g/mol. The Balaban J connectivity index is 1.36. The second-order valence-corrected chi connectivity index (χ2v) is 9.58. The van der Waals surface area contributed by atoms with Crippen molar-refractivity contribution in [3.8, 4) is 0 Å². The zero-order valence-corrected chi connectivity index (χ0v) is 17.5. The van der Waals surface area contributed by atoms with Crippen molar-refractivity contribution >= 4 is 11.8 Å². The molecule has 2 N–H and O–H groups in total. The summed E-state index contributed by atoms with van der Waals surface area (Å²) in [5, 5.41) is 6.01. The Morgan fingerprint density at radius 1 is 0.909 bits per heavy atom. The Labute approximate surface area is 186 Å². The van der Waals surface area contributed by atoms with Crippen LogP contribution >= 0.6 is 0 Å².